The van der Waals surface area contributed by atoms with Gasteiger partial charge >= 0.3 is 0 Å². The highest BCUT2D eigenvalue weighted by molar-refractivity contribution is 7.86. The molecule has 2 aromatic heterocycles. The highest BCUT2D eigenvalue weighted by atomic mass is 32.2. The average Bonchev–Trinajstić information content (AvgIpc) is 3.50. The number of piperidine rings is 1. The van der Waals surface area contributed by atoms with Crippen molar-refractivity contribution in [2.75, 3.05) is 44.2 Å². The second-order valence-corrected chi connectivity index (χ2v) is 9.96. The predicted octanol–water partition coefficient (Wildman–Crippen LogP) is 1.24. The Labute approximate surface area is 165 Å². The molecule has 10 heteroatoms. The highest BCUT2D eigenvalue weighted by Gasteiger charge is 2.33. The smallest absolute Gasteiger partial charge is 0.282 e. The van der Waals surface area contributed by atoms with E-state index in [4.69, 9.17) is 0 Å². The molecule has 0 radical (unpaired) electrons. The van der Waals surface area contributed by atoms with E-state index in [1.54, 1.807) is 19.5 Å². The molecule has 0 bridgehead atoms. The van der Waals surface area contributed by atoms with Gasteiger partial charge in [0.15, 0.2) is 0 Å². The molecule has 0 N–H and O–H groups in total. The quantitative estimate of drug-likeness (QED) is 0.761. The fraction of sp³-hybridized carbons (Fsp3) is 0.722. The van der Waals surface area contributed by atoms with Crippen LogP contribution in [0.2, 0.25) is 0 Å². The Morgan fingerprint density at radius 1 is 0.893 bits per heavy atom. The number of hydrogen-bond acceptors (Lipinski definition) is 6. The van der Waals surface area contributed by atoms with Gasteiger partial charge in [-0.05, 0) is 38.2 Å². The lowest BCUT2D eigenvalue weighted by Crippen LogP contribution is -2.47. The number of nitrogens with zero attached hydrogens (tertiary/aromatic N) is 7. The molecule has 4 heterocycles. The molecule has 28 heavy (non-hydrogen) atoms. The first-order chi connectivity index (χ1) is 13.6. The maximum atomic E-state index is 13.1. The monoisotopic (exact) mass is 405 g/mol. The molecule has 5 rings (SSSR count). The van der Waals surface area contributed by atoms with E-state index in [2.05, 4.69) is 26.3 Å². The molecule has 0 spiro atoms. The van der Waals surface area contributed by atoms with Crippen LogP contribution in [0.3, 0.4) is 0 Å². The minimum Gasteiger partial charge on any atom is -0.367 e. The van der Waals surface area contributed by atoms with Crippen LogP contribution < -0.4 is 4.90 Å². The van der Waals surface area contributed by atoms with Crippen molar-refractivity contribution in [1.29, 1.82) is 0 Å². The molecule has 3 fully saturated rings. The standard InChI is InChI=1S/C18H27N7O2S/c26-28(27,23-8-2-1-3-9-23)24-10-4-7-22(11-12-24)17-13-16(15-5-6-15)21-25-14-19-20-18(17)25/h13-15H,1-12H2. The van der Waals surface area contributed by atoms with E-state index in [0.717, 1.165) is 49.3 Å². The summed E-state index contributed by atoms with van der Waals surface area (Å²) in [5.41, 5.74) is 2.85. The summed E-state index contributed by atoms with van der Waals surface area (Å²) >= 11 is 0. The minimum atomic E-state index is -3.36. The summed E-state index contributed by atoms with van der Waals surface area (Å²) in [6.45, 7) is 3.83. The Balaban J connectivity index is 1.37. The molecule has 2 aromatic rings. The summed E-state index contributed by atoms with van der Waals surface area (Å²) in [6.07, 6.45) is 7.86. The zero-order valence-corrected chi connectivity index (χ0v) is 16.9. The zero-order valence-electron chi connectivity index (χ0n) is 16.1. The molecule has 0 amide bonds. The van der Waals surface area contributed by atoms with E-state index in [9.17, 15) is 8.42 Å². The number of rotatable bonds is 4. The van der Waals surface area contributed by atoms with Crippen molar-refractivity contribution in [2.45, 2.75) is 44.4 Å². The first-order valence-electron chi connectivity index (χ1n) is 10.3. The van der Waals surface area contributed by atoms with Crippen LogP contribution in [-0.2, 0) is 10.2 Å². The Morgan fingerprint density at radius 2 is 1.64 bits per heavy atom. The lowest BCUT2D eigenvalue weighted by molar-refractivity contribution is 0.307. The average molecular weight is 406 g/mol. The van der Waals surface area contributed by atoms with Gasteiger partial charge < -0.3 is 4.90 Å². The first-order valence-corrected chi connectivity index (χ1v) is 11.7. The van der Waals surface area contributed by atoms with Gasteiger partial charge in [-0.25, -0.2) is 0 Å². The molecule has 2 saturated heterocycles. The highest BCUT2D eigenvalue weighted by Crippen LogP contribution is 2.40. The normalized spacial score (nSPS) is 23.2. The summed E-state index contributed by atoms with van der Waals surface area (Å²) < 4.78 is 31.2. The molecule has 0 unspecified atom stereocenters. The van der Waals surface area contributed by atoms with Crippen molar-refractivity contribution in [3.05, 3.63) is 18.1 Å². The molecule has 9 nitrogen and oxygen atoms in total. The van der Waals surface area contributed by atoms with Gasteiger partial charge in [-0.2, -0.15) is 26.6 Å². The van der Waals surface area contributed by atoms with Gasteiger partial charge in [0.1, 0.15) is 6.33 Å². The zero-order chi connectivity index (χ0) is 19.1. The van der Waals surface area contributed by atoms with Crippen molar-refractivity contribution < 1.29 is 8.42 Å². The van der Waals surface area contributed by atoms with Crippen LogP contribution in [-0.4, -0.2) is 76.1 Å². The Hall–Kier alpha value is -1.78. The summed E-state index contributed by atoms with van der Waals surface area (Å²) in [5.74, 6) is 0.536. The largest absolute Gasteiger partial charge is 0.367 e. The van der Waals surface area contributed by atoms with Crippen LogP contribution in [0.5, 0.6) is 0 Å². The van der Waals surface area contributed by atoms with Crippen LogP contribution in [0.25, 0.3) is 5.65 Å². The summed E-state index contributed by atoms with van der Waals surface area (Å²) in [7, 11) is -3.36. The van der Waals surface area contributed by atoms with Gasteiger partial charge in [0.25, 0.3) is 10.2 Å². The topological polar surface area (TPSA) is 86.9 Å². The molecule has 152 valence electrons. The van der Waals surface area contributed by atoms with Crippen molar-refractivity contribution in [3.8, 4) is 0 Å². The molecular formula is C18H27N7O2S. The molecule has 0 atom stereocenters. The molecule has 3 aliphatic rings. The molecule has 1 saturated carbocycles. The van der Waals surface area contributed by atoms with Crippen LogP contribution in [0.4, 0.5) is 5.69 Å². The lowest BCUT2D eigenvalue weighted by Gasteiger charge is -2.31. The van der Waals surface area contributed by atoms with Gasteiger partial charge in [0.05, 0.1) is 11.4 Å². The first kappa shape index (κ1) is 18.3. The van der Waals surface area contributed by atoms with E-state index in [0.29, 0.717) is 38.6 Å². The van der Waals surface area contributed by atoms with E-state index in [1.807, 2.05) is 0 Å². The SMILES string of the molecule is O=S(=O)(N1CCCCC1)N1CCCN(c2cc(C3CC3)nn3cnnc23)CC1. The Morgan fingerprint density at radius 3 is 2.43 bits per heavy atom. The molecule has 0 aromatic carbocycles. The fourth-order valence-corrected chi connectivity index (χ4v) is 5.98. The van der Waals surface area contributed by atoms with Crippen LogP contribution in [0, 0.1) is 0 Å². The van der Waals surface area contributed by atoms with Gasteiger partial charge in [0, 0.05) is 45.2 Å². The molecule has 1 aliphatic carbocycles. The summed E-state index contributed by atoms with van der Waals surface area (Å²) in [4.78, 5) is 2.25. The van der Waals surface area contributed by atoms with Crippen molar-refractivity contribution in [3.63, 3.8) is 0 Å². The fourth-order valence-electron chi connectivity index (χ4n) is 4.27. The Kier molecular flexibility index (Phi) is 4.72. The van der Waals surface area contributed by atoms with E-state index >= 15 is 0 Å². The van der Waals surface area contributed by atoms with E-state index in [-0.39, 0.29) is 0 Å². The number of anilines is 1. The third kappa shape index (κ3) is 3.37. The third-order valence-electron chi connectivity index (χ3n) is 6.03. The van der Waals surface area contributed by atoms with Crippen LogP contribution in [0.1, 0.15) is 50.1 Å². The van der Waals surface area contributed by atoms with Crippen molar-refractivity contribution >= 4 is 21.5 Å². The van der Waals surface area contributed by atoms with Gasteiger partial charge in [-0.15, -0.1) is 10.2 Å². The number of fused-ring (bicyclic) bond motifs is 1. The van der Waals surface area contributed by atoms with E-state index in [1.165, 1.54) is 12.8 Å². The number of hydrogen-bond donors (Lipinski definition) is 0. The van der Waals surface area contributed by atoms with Crippen LogP contribution in [0.15, 0.2) is 12.4 Å². The van der Waals surface area contributed by atoms with Crippen molar-refractivity contribution in [1.82, 2.24) is 28.4 Å². The minimum absolute atomic E-state index is 0.500. The second kappa shape index (κ2) is 7.23. The molecular weight excluding hydrogens is 378 g/mol. The van der Waals surface area contributed by atoms with Gasteiger partial charge in [-0.1, -0.05) is 6.42 Å². The maximum absolute atomic E-state index is 13.1. The third-order valence-corrected chi connectivity index (χ3v) is 8.06. The van der Waals surface area contributed by atoms with E-state index < -0.39 is 10.2 Å². The predicted molar refractivity (Wildman–Crippen MR) is 106 cm³/mol. The second-order valence-electron chi connectivity index (χ2n) is 8.03. The van der Waals surface area contributed by atoms with Crippen molar-refractivity contribution in [2.24, 2.45) is 0 Å². The number of aromatic nitrogens is 4. The molecule has 2 aliphatic heterocycles. The maximum Gasteiger partial charge on any atom is 0.282 e. The van der Waals surface area contributed by atoms with Gasteiger partial charge in [0.2, 0.25) is 5.65 Å². The summed E-state index contributed by atoms with van der Waals surface area (Å²) in [6, 6.07) is 2.14. The lowest BCUT2D eigenvalue weighted by atomic mass is 10.2. The van der Waals surface area contributed by atoms with Gasteiger partial charge in [-0.3, -0.25) is 0 Å². The van der Waals surface area contributed by atoms with Crippen LogP contribution >= 0.6 is 0 Å². The Bertz CT molecular complexity index is 950. The summed E-state index contributed by atoms with van der Waals surface area (Å²) in [5, 5.41) is 12.9.